The van der Waals surface area contributed by atoms with Crippen LogP contribution in [0.4, 0.5) is 0 Å². The van der Waals surface area contributed by atoms with E-state index < -0.39 is 10.0 Å². The molecule has 2 unspecified atom stereocenters. The standard InChI is InChI=1S/C24H35N3O5S/c28-23(26-20-7-2-1-3-8-20)19-6-4-14-27(17-19)24(29)18-10-12-22(13-11-18)33(30,31)25-16-21-9-5-15-32-21/h10-13,19-21,25H,1-9,14-17H2,(H,26,28). The summed E-state index contributed by atoms with van der Waals surface area (Å²) in [7, 11) is -3.66. The molecule has 3 aliphatic rings. The Morgan fingerprint density at radius 3 is 2.42 bits per heavy atom. The molecule has 0 radical (unpaired) electrons. The Bertz CT molecular complexity index is 922. The van der Waals surface area contributed by atoms with Crippen molar-refractivity contribution in [2.45, 2.75) is 74.8 Å². The van der Waals surface area contributed by atoms with Crippen molar-refractivity contribution in [2.75, 3.05) is 26.2 Å². The summed E-state index contributed by atoms with van der Waals surface area (Å²) in [5.41, 5.74) is 0.432. The molecule has 33 heavy (non-hydrogen) atoms. The van der Waals surface area contributed by atoms with Crippen LogP contribution in [0.2, 0.25) is 0 Å². The maximum absolute atomic E-state index is 13.0. The molecule has 0 bridgehead atoms. The summed E-state index contributed by atoms with van der Waals surface area (Å²) in [5.74, 6) is -0.300. The van der Waals surface area contributed by atoms with Gasteiger partial charge in [-0.1, -0.05) is 19.3 Å². The molecule has 0 spiro atoms. The molecule has 1 aliphatic carbocycles. The average molecular weight is 478 g/mol. The normalized spacial score (nSPS) is 24.5. The zero-order chi connectivity index (χ0) is 23.3. The van der Waals surface area contributed by atoms with Crippen LogP contribution < -0.4 is 10.0 Å². The number of piperidine rings is 1. The molecule has 1 aromatic carbocycles. The number of benzene rings is 1. The highest BCUT2D eigenvalue weighted by Gasteiger charge is 2.30. The van der Waals surface area contributed by atoms with Gasteiger partial charge in [-0.15, -0.1) is 0 Å². The minimum atomic E-state index is -3.66. The van der Waals surface area contributed by atoms with Gasteiger partial charge >= 0.3 is 0 Å². The van der Waals surface area contributed by atoms with E-state index in [-0.39, 0.29) is 41.3 Å². The number of ether oxygens (including phenoxy) is 1. The van der Waals surface area contributed by atoms with Crippen LogP contribution in [0.25, 0.3) is 0 Å². The molecule has 182 valence electrons. The first-order valence-corrected chi connectivity index (χ1v) is 13.7. The number of hydrogen-bond donors (Lipinski definition) is 2. The van der Waals surface area contributed by atoms with Crippen LogP contribution in [0.15, 0.2) is 29.2 Å². The van der Waals surface area contributed by atoms with Gasteiger partial charge in [0.05, 0.1) is 16.9 Å². The molecule has 1 saturated carbocycles. The lowest BCUT2D eigenvalue weighted by Gasteiger charge is -2.33. The van der Waals surface area contributed by atoms with E-state index in [2.05, 4.69) is 10.0 Å². The Hall–Kier alpha value is -1.97. The number of carbonyl (C=O) groups excluding carboxylic acids is 2. The predicted octanol–water partition coefficient (Wildman–Crippen LogP) is 2.44. The minimum Gasteiger partial charge on any atom is -0.377 e. The van der Waals surface area contributed by atoms with Crippen molar-refractivity contribution in [2.24, 2.45) is 5.92 Å². The van der Waals surface area contributed by atoms with Gasteiger partial charge in [-0.3, -0.25) is 9.59 Å². The van der Waals surface area contributed by atoms with Crippen LogP contribution in [0.5, 0.6) is 0 Å². The van der Waals surface area contributed by atoms with Gasteiger partial charge < -0.3 is 15.0 Å². The fourth-order valence-corrected chi connectivity index (χ4v) is 6.06. The number of rotatable bonds is 7. The van der Waals surface area contributed by atoms with Crippen molar-refractivity contribution >= 4 is 21.8 Å². The average Bonchev–Trinajstić information content (AvgIpc) is 3.37. The van der Waals surface area contributed by atoms with E-state index >= 15 is 0 Å². The lowest BCUT2D eigenvalue weighted by molar-refractivity contribution is -0.127. The van der Waals surface area contributed by atoms with Crippen molar-refractivity contribution in [1.82, 2.24) is 14.9 Å². The minimum absolute atomic E-state index is 0.0538. The van der Waals surface area contributed by atoms with Gasteiger partial charge in [0.1, 0.15) is 0 Å². The van der Waals surface area contributed by atoms with E-state index in [1.165, 1.54) is 18.6 Å². The zero-order valence-electron chi connectivity index (χ0n) is 19.1. The molecule has 2 saturated heterocycles. The number of carbonyl (C=O) groups is 2. The molecule has 2 atom stereocenters. The zero-order valence-corrected chi connectivity index (χ0v) is 19.9. The van der Waals surface area contributed by atoms with Gasteiger partial charge in [-0.05, 0) is 62.8 Å². The van der Waals surface area contributed by atoms with Crippen LogP contribution in [0.1, 0.15) is 68.1 Å². The van der Waals surface area contributed by atoms with Crippen molar-refractivity contribution < 1.29 is 22.7 Å². The van der Waals surface area contributed by atoms with E-state index in [4.69, 9.17) is 4.74 Å². The number of sulfonamides is 1. The highest BCUT2D eigenvalue weighted by Crippen LogP contribution is 2.22. The van der Waals surface area contributed by atoms with Crippen LogP contribution in [0.3, 0.4) is 0 Å². The second kappa shape index (κ2) is 11.0. The monoisotopic (exact) mass is 477 g/mol. The quantitative estimate of drug-likeness (QED) is 0.628. The first-order valence-electron chi connectivity index (χ1n) is 12.2. The third kappa shape index (κ3) is 6.33. The number of hydrogen-bond acceptors (Lipinski definition) is 5. The van der Waals surface area contributed by atoms with Crippen molar-refractivity contribution in [3.8, 4) is 0 Å². The Balaban J connectivity index is 1.32. The fourth-order valence-electron chi connectivity index (χ4n) is 4.99. The van der Waals surface area contributed by atoms with E-state index in [1.54, 1.807) is 17.0 Å². The molecule has 2 N–H and O–H groups in total. The van der Waals surface area contributed by atoms with Crippen LogP contribution in [-0.4, -0.2) is 63.5 Å². The Morgan fingerprint density at radius 2 is 1.73 bits per heavy atom. The molecule has 2 aliphatic heterocycles. The number of amides is 2. The van der Waals surface area contributed by atoms with Crippen LogP contribution in [-0.2, 0) is 19.6 Å². The Morgan fingerprint density at radius 1 is 0.970 bits per heavy atom. The highest BCUT2D eigenvalue weighted by molar-refractivity contribution is 7.89. The molecule has 2 amide bonds. The summed E-state index contributed by atoms with van der Waals surface area (Å²) in [6.07, 6.45) is 8.94. The maximum Gasteiger partial charge on any atom is 0.253 e. The number of likely N-dealkylation sites (tertiary alicyclic amines) is 1. The summed E-state index contributed by atoms with van der Waals surface area (Å²) < 4.78 is 33.1. The molecule has 4 rings (SSSR count). The second-order valence-corrected chi connectivity index (χ2v) is 11.2. The molecule has 9 heteroatoms. The molecular formula is C24H35N3O5S. The molecular weight excluding hydrogens is 442 g/mol. The first kappa shape index (κ1) is 24.2. The lowest BCUT2D eigenvalue weighted by atomic mass is 9.93. The summed E-state index contributed by atoms with van der Waals surface area (Å²) in [6, 6.07) is 6.29. The van der Waals surface area contributed by atoms with Crippen LogP contribution >= 0.6 is 0 Å². The largest absolute Gasteiger partial charge is 0.377 e. The summed E-state index contributed by atoms with van der Waals surface area (Å²) in [6.45, 7) is 1.93. The smallest absolute Gasteiger partial charge is 0.253 e. The molecule has 1 aromatic rings. The number of nitrogens with one attached hydrogen (secondary N) is 2. The van der Waals surface area contributed by atoms with Crippen LogP contribution in [0, 0.1) is 5.92 Å². The fraction of sp³-hybridized carbons (Fsp3) is 0.667. The maximum atomic E-state index is 13.0. The molecule has 0 aromatic heterocycles. The molecule has 2 heterocycles. The Kier molecular flexibility index (Phi) is 8.03. The van der Waals surface area contributed by atoms with Crippen molar-refractivity contribution in [1.29, 1.82) is 0 Å². The predicted molar refractivity (Wildman–Crippen MR) is 124 cm³/mol. The van der Waals surface area contributed by atoms with Gasteiger partial charge in [0.25, 0.3) is 5.91 Å². The third-order valence-corrected chi connectivity index (χ3v) is 8.41. The van der Waals surface area contributed by atoms with E-state index in [9.17, 15) is 18.0 Å². The SMILES string of the molecule is O=C(NC1CCCCC1)C1CCCN(C(=O)c2ccc(S(=O)(=O)NCC3CCCO3)cc2)C1. The topological polar surface area (TPSA) is 105 Å². The lowest BCUT2D eigenvalue weighted by Crippen LogP contribution is -2.47. The van der Waals surface area contributed by atoms with Crippen molar-refractivity contribution in [3.05, 3.63) is 29.8 Å². The van der Waals surface area contributed by atoms with Gasteiger partial charge in [0, 0.05) is 37.8 Å². The summed E-state index contributed by atoms with van der Waals surface area (Å²) in [4.78, 5) is 27.6. The highest BCUT2D eigenvalue weighted by atomic mass is 32.2. The second-order valence-electron chi connectivity index (χ2n) is 9.45. The van der Waals surface area contributed by atoms with E-state index in [0.29, 0.717) is 25.3 Å². The molecule has 8 nitrogen and oxygen atoms in total. The van der Waals surface area contributed by atoms with E-state index in [1.807, 2.05) is 0 Å². The van der Waals surface area contributed by atoms with Gasteiger partial charge in [-0.25, -0.2) is 13.1 Å². The van der Waals surface area contributed by atoms with Gasteiger partial charge in [-0.2, -0.15) is 0 Å². The number of nitrogens with zero attached hydrogens (tertiary/aromatic N) is 1. The summed E-state index contributed by atoms with van der Waals surface area (Å²) >= 11 is 0. The van der Waals surface area contributed by atoms with E-state index in [0.717, 1.165) is 51.4 Å². The van der Waals surface area contributed by atoms with Gasteiger partial charge in [0.15, 0.2) is 0 Å². The van der Waals surface area contributed by atoms with Gasteiger partial charge in [0.2, 0.25) is 15.9 Å². The molecule has 3 fully saturated rings. The van der Waals surface area contributed by atoms with Crippen molar-refractivity contribution in [3.63, 3.8) is 0 Å². The third-order valence-electron chi connectivity index (χ3n) is 6.97. The first-order chi connectivity index (χ1) is 15.9. The Labute approximate surface area is 196 Å². The summed E-state index contributed by atoms with van der Waals surface area (Å²) in [5, 5.41) is 3.18.